The number of nitrogens with one attached hydrogen (secondary N) is 3. The Morgan fingerprint density at radius 1 is 0.850 bits per heavy atom. The third-order valence-electron chi connectivity index (χ3n) is 6.44. The first-order chi connectivity index (χ1) is 19.2. The molecule has 0 radical (unpaired) electrons. The zero-order valence-electron chi connectivity index (χ0n) is 21.9. The topological polar surface area (TPSA) is 108 Å². The molecule has 8 nitrogen and oxygen atoms in total. The summed E-state index contributed by atoms with van der Waals surface area (Å²) in [6.45, 7) is 0.964. The minimum Gasteiger partial charge on any atom is -0.365 e. The zero-order valence-corrected chi connectivity index (χ0v) is 23.5. The third kappa shape index (κ3) is 6.53. The molecule has 2 heterocycles. The van der Waals surface area contributed by atoms with Crippen molar-refractivity contribution in [3.63, 3.8) is 0 Å². The van der Waals surface area contributed by atoms with Crippen LogP contribution in [-0.2, 0) is 26.2 Å². The van der Waals surface area contributed by atoms with E-state index in [-0.39, 0.29) is 15.5 Å². The van der Waals surface area contributed by atoms with Crippen LogP contribution in [0.4, 0.5) is 11.4 Å². The van der Waals surface area contributed by atoms with Crippen LogP contribution in [0.5, 0.6) is 0 Å². The summed E-state index contributed by atoms with van der Waals surface area (Å²) in [6, 6.07) is 23.2. The molecule has 0 spiro atoms. The number of sulfone groups is 2. The van der Waals surface area contributed by atoms with Crippen molar-refractivity contribution in [3.8, 4) is 0 Å². The lowest BCUT2D eigenvalue weighted by Crippen LogP contribution is -2.22. The second kappa shape index (κ2) is 11.5. The van der Waals surface area contributed by atoms with E-state index in [4.69, 9.17) is 0 Å². The van der Waals surface area contributed by atoms with Gasteiger partial charge < -0.3 is 20.9 Å². The maximum absolute atomic E-state index is 12.9. The van der Waals surface area contributed by atoms with E-state index in [1.165, 1.54) is 6.26 Å². The van der Waals surface area contributed by atoms with Gasteiger partial charge in [-0.3, -0.25) is 0 Å². The molecule has 0 saturated heterocycles. The smallest absolute Gasteiger partial charge is 0.206 e. The average Bonchev–Trinajstić information content (AvgIpc) is 2.96. The first-order valence-electron chi connectivity index (χ1n) is 12.7. The van der Waals surface area contributed by atoms with Crippen molar-refractivity contribution < 1.29 is 16.8 Å². The van der Waals surface area contributed by atoms with Gasteiger partial charge in [-0.1, -0.05) is 30.3 Å². The standard InChI is InChI=1S/C30H30N4O4S2/c1-39(35,36)17-15-31-19-23-6-5-7-26(18-23)34-16-14-24-20-32-21-30(29(24)22-34)33-25-10-12-28(13-11-25)40(37,38)27-8-3-2-4-9-27/h2-14,16,18,20-22,31-33H,15,17,19H2,1H3. The van der Waals surface area contributed by atoms with Gasteiger partial charge >= 0.3 is 0 Å². The first-order valence-corrected chi connectivity index (χ1v) is 16.2. The van der Waals surface area contributed by atoms with E-state index in [2.05, 4.69) is 22.0 Å². The fourth-order valence-electron chi connectivity index (χ4n) is 4.34. The van der Waals surface area contributed by atoms with Gasteiger partial charge in [-0.05, 0) is 60.2 Å². The summed E-state index contributed by atoms with van der Waals surface area (Å²) in [5, 5.41) is 9.76. The molecular weight excluding hydrogens is 544 g/mol. The monoisotopic (exact) mass is 574 g/mol. The van der Waals surface area contributed by atoms with E-state index in [1.54, 1.807) is 54.6 Å². The summed E-state index contributed by atoms with van der Waals surface area (Å²) in [7, 11) is -6.59. The molecule has 206 valence electrons. The van der Waals surface area contributed by atoms with Gasteiger partial charge in [-0.15, -0.1) is 0 Å². The van der Waals surface area contributed by atoms with Gasteiger partial charge in [0.2, 0.25) is 9.84 Å². The third-order valence-corrected chi connectivity index (χ3v) is 9.17. The van der Waals surface area contributed by atoms with Crippen molar-refractivity contribution in [2.24, 2.45) is 0 Å². The summed E-state index contributed by atoms with van der Waals surface area (Å²) in [5.41, 5.74) is 5.58. The fraction of sp³-hybridized carbons (Fsp3) is 0.133. The molecule has 2 aliphatic rings. The number of anilines is 2. The SMILES string of the molecule is CS(=O)(=O)CCNCc1cccc(N2C=CC3=CNC=C(Nc4ccc(S(=O)(=O)c5ccccc5)cc4)C3=C2)c1. The van der Waals surface area contributed by atoms with Crippen LogP contribution in [-0.4, -0.2) is 35.4 Å². The largest absolute Gasteiger partial charge is 0.365 e. The van der Waals surface area contributed by atoms with Gasteiger partial charge in [0, 0.05) is 66.7 Å². The molecule has 3 aromatic carbocycles. The lowest BCUT2D eigenvalue weighted by atomic mass is 10.00. The highest BCUT2D eigenvalue weighted by atomic mass is 32.2. The summed E-state index contributed by atoms with van der Waals surface area (Å²) < 4.78 is 48.6. The molecule has 3 aromatic rings. The van der Waals surface area contributed by atoms with Crippen LogP contribution in [0.3, 0.4) is 0 Å². The van der Waals surface area contributed by atoms with Crippen LogP contribution in [0.15, 0.2) is 136 Å². The molecule has 0 fully saturated rings. The molecule has 10 heteroatoms. The molecule has 2 aliphatic heterocycles. The second-order valence-electron chi connectivity index (χ2n) is 9.53. The number of nitrogens with zero attached hydrogens (tertiary/aromatic N) is 1. The molecule has 0 amide bonds. The van der Waals surface area contributed by atoms with Gasteiger partial charge in [0.25, 0.3) is 0 Å². The van der Waals surface area contributed by atoms with Gasteiger partial charge in [-0.25, -0.2) is 16.8 Å². The molecule has 0 unspecified atom stereocenters. The number of dihydropyridines is 1. The van der Waals surface area contributed by atoms with Crippen molar-refractivity contribution in [2.75, 3.05) is 28.8 Å². The number of allylic oxidation sites excluding steroid dienone is 2. The van der Waals surface area contributed by atoms with Gasteiger partial charge in [0.05, 0.1) is 21.2 Å². The van der Waals surface area contributed by atoms with E-state index < -0.39 is 19.7 Å². The van der Waals surface area contributed by atoms with E-state index in [1.807, 2.05) is 54.0 Å². The minimum absolute atomic E-state index is 0.102. The lowest BCUT2D eigenvalue weighted by Gasteiger charge is -2.27. The van der Waals surface area contributed by atoms with E-state index in [0.717, 1.165) is 33.8 Å². The highest BCUT2D eigenvalue weighted by Gasteiger charge is 2.20. The Labute approximate surface area is 235 Å². The fourth-order valence-corrected chi connectivity index (χ4v) is 6.14. The molecular formula is C30H30N4O4S2. The Morgan fingerprint density at radius 2 is 1.60 bits per heavy atom. The lowest BCUT2D eigenvalue weighted by molar-refractivity contribution is 0.594. The Morgan fingerprint density at radius 3 is 2.35 bits per heavy atom. The highest BCUT2D eigenvalue weighted by molar-refractivity contribution is 7.91. The second-order valence-corrected chi connectivity index (χ2v) is 13.7. The molecule has 0 saturated carbocycles. The van der Waals surface area contributed by atoms with Crippen LogP contribution in [0.25, 0.3) is 0 Å². The Hall–Kier alpha value is -4.12. The van der Waals surface area contributed by atoms with Gasteiger partial charge in [-0.2, -0.15) is 0 Å². The Balaban J connectivity index is 1.30. The number of fused-ring (bicyclic) bond motifs is 1. The predicted molar refractivity (Wildman–Crippen MR) is 159 cm³/mol. The molecule has 0 atom stereocenters. The van der Waals surface area contributed by atoms with Crippen LogP contribution >= 0.6 is 0 Å². The quantitative estimate of drug-likeness (QED) is 0.308. The molecule has 40 heavy (non-hydrogen) atoms. The number of rotatable bonds is 10. The summed E-state index contributed by atoms with van der Waals surface area (Å²) in [6.07, 6.45) is 11.1. The van der Waals surface area contributed by atoms with Gasteiger partial charge in [0.15, 0.2) is 0 Å². The maximum Gasteiger partial charge on any atom is 0.206 e. The van der Waals surface area contributed by atoms with Crippen LogP contribution in [0.2, 0.25) is 0 Å². The van der Waals surface area contributed by atoms with E-state index in [0.29, 0.717) is 13.1 Å². The molecule has 0 bridgehead atoms. The van der Waals surface area contributed by atoms with Crippen molar-refractivity contribution in [3.05, 3.63) is 132 Å². The van der Waals surface area contributed by atoms with E-state index in [9.17, 15) is 16.8 Å². The average molecular weight is 575 g/mol. The van der Waals surface area contributed by atoms with E-state index >= 15 is 0 Å². The van der Waals surface area contributed by atoms with Crippen molar-refractivity contribution in [1.29, 1.82) is 0 Å². The summed E-state index contributed by atoms with van der Waals surface area (Å²) in [5.74, 6) is 0.102. The van der Waals surface area contributed by atoms with Crippen molar-refractivity contribution >= 4 is 31.0 Å². The van der Waals surface area contributed by atoms with Crippen molar-refractivity contribution in [2.45, 2.75) is 16.3 Å². The molecule has 0 aromatic heterocycles. The first kappa shape index (κ1) is 27.4. The van der Waals surface area contributed by atoms with Crippen LogP contribution in [0, 0.1) is 0 Å². The number of hydrogen-bond donors (Lipinski definition) is 3. The number of hydrogen-bond acceptors (Lipinski definition) is 8. The summed E-state index contributed by atoms with van der Waals surface area (Å²) >= 11 is 0. The normalized spacial score (nSPS) is 14.9. The zero-order chi connectivity index (χ0) is 28.2. The van der Waals surface area contributed by atoms with Crippen molar-refractivity contribution in [1.82, 2.24) is 10.6 Å². The summed E-state index contributed by atoms with van der Waals surface area (Å²) in [4.78, 5) is 2.53. The molecule has 0 aliphatic carbocycles. The minimum atomic E-state index is -3.59. The van der Waals surface area contributed by atoms with Gasteiger partial charge in [0.1, 0.15) is 9.84 Å². The number of benzene rings is 3. The Kier molecular flexibility index (Phi) is 7.92. The Bertz CT molecular complexity index is 1730. The van der Waals surface area contributed by atoms with Crippen LogP contribution < -0.4 is 20.9 Å². The predicted octanol–water partition coefficient (Wildman–Crippen LogP) is 4.31. The molecule has 5 rings (SSSR count). The van der Waals surface area contributed by atoms with Crippen LogP contribution in [0.1, 0.15) is 5.56 Å². The maximum atomic E-state index is 12.9. The molecule has 3 N–H and O–H groups in total. The highest BCUT2D eigenvalue weighted by Crippen LogP contribution is 2.31.